The Morgan fingerprint density at radius 1 is 1.12 bits per heavy atom. The maximum atomic E-state index is 12.7. The number of nitrogens with zero attached hydrogens (tertiary/aromatic N) is 1. The van der Waals surface area contributed by atoms with Crippen LogP contribution >= 0.6 is 11.6 Å². The van der Waals surface area contributed by atoms with E-state index in [2.05, 4.69) is 10.6 Å². The lowest BCUT2D eigenvalue weighted by atomic mass is 9.92. The van der Waals surface area contributed by atoms with Crippen molar-refractivity contribution in [1.82, 2.24) is 10.2 Å². The molecule has 6 nitrogen and oxygen atoms in total. The van der Waals surface area contributed by atoms with Crippen molar-refractivity contribution >= 4 is 35.1 Å². The molecule has 0 radical (unpaired) electrons. The third-order valence-corrected chi connectivity index (χ3v) is 4.41. The highest BCUT2D eigenvalue weighted by Crippen LogP contribution is 2.28. The van der Waals surface area contributed by atoms with Gasteiger partial charge < -0.3 is 10.6 Å². The molecule has 3 rings (SSSR count). The van der Waals surface area contributed by atoms with Crippen molar-refractivity contribution in [3.63, 3.8) is 0 Å². The SMILES string of the molecule is C[C@]1(c2ccccc2)NC(=O)N(CC(=O)Nc2ccccc2Cl)C1=O. The predicted molar refractivity (Wildman–Crippen MR) is 94.1 cm³/mol. The van der Waals surface area contributed by atoms with Gasteiger partial charge in [-0.25, -0.2) is 4.79 Å². The first-order valence-corrected chi connectivity index (χ1v) is 8.03. The number of urea groups is 1. The first-order chi connectivity index (χ1) is 11.9. The number of nitrogens with one attached hydrogen (secondary N) is 2. The van der Waals surface area contributed by atoms with Gasteiger partial charge in [0.2, 0.25) is 5.91 Å². The number of anilines is 1. The summed E-state index contributed by atoms with van der Waals surface area (Å²) in [5.41, 5.74) is -0.113. The molecule has 0 bridgehead atoms. The van der Waals surface area contributed by atoms with Gasteiger partial charge in [0, 0.05) is 0 Å². The van der Waals surface area contributed by atoms with Crippen LogP contribution in [0.25, 0.3) is 0 Å². The summed E-state index contributed by atoms with van der Waals surface area (Å²) in [5, 5.41) is 5.64. The zero-order chi connectivity index (χ0) is 18.0. The third kappa shape index (κ3) is 3.21. The van der Waals surface area contributed by atoms with Crippen LogP contribution in [0.5, 0.6) is 0 Å². The van der Waals surface area contributed by atoms with Crippen molar-refractivity contribution in [2.45, 2.75) is 12.5 Å². The van der Waals surface area contributed by atoms with Gasteiger partial charge >= 0.3 is 6.03 Å². The van der Waals surface area contributed by atoms with Gasteiger partial charge in [0.25, 0.3) is 5.91 Å². The molecule has 2 N–H and O–H groups in total. The van der Waals surface area contributed by atoms with Crippen LogP contribution in [0.3, 0.4) is 0 Å². The van der Waals surface area contributed by atoms with Gasteiger partial charge in [-0.15, -0.1) is 0 Å². The molecule has 1 aliphatic rings. The third-order valence-electron chi connectivity index (χ3n) is 4.08. The summed E-state index contributed by atoms with van der Waals surface area (Å²) in [6.07, 6.45) is 0. The highest BCUT2D eigenvalue weighted by molar-refractivity contribution is 6.33. The molecule has 128 valence electrons. The molecule has 2 aromatic carbocycles. The summed E-state index contributed by atoms with van der Waals surface area (Å²) < 4.78 is 0. The molecule has 0 aromatic heterocycles. The number of carbonyl (C=O) groups excluding carboxylic acids is 3. The van der Waals surface area contributed by atoms with Crippen LogP contribution in [0.2, 0.25) is 5.02 Å². The van der Waals surface area contributed by atoms with E-state index >= 15 is 0 Å². The van der Waals surface area contributed by atoms with Gasteiger partial charge in [-0.1, -0.05) is 54.1 Å². The summed E-state index contributed by atoms with van der Waals surface area (Å²) in [7, 11) is 0. The molecule has 1 fully saturated rings. The van der Waals surface area contributed by atoms with Crippen LogP contribution in [0.4, 0.5) is 10.5 Å². The standard InChI is InChI=1S/C18H16ClN3O3/c1-18(12-7-3-2-4-8-12)16(24)22(17(25)21-18)11-15(23)20-14-10-6-5-9-13(14)19/h2-10H,11H2,1H3,(H,20,23)(H,21,25)/t18-/m1/s1. The molecular formula is C18H16ClN3O3. The Morgan fingerprint density at radius 2 is 1.76 bits per heavy atom. The molecule has 1 saturated heterocycles. The molecule has 1 aliphatic heterocycles. The number of rotatable bonds is 4. The zero-order valence-electron chi connectivity index (χ0n) is 13.5. The molecule has 2 aromatic rings. The smallest absolute Gasteiger partial charge is 0.323 e. The van der Waals surface area contributed by atoms with Gasteiger partial charge in [0.15, 0.2) is 0 Å². The zero-order valence-corrected chi connectivity index (χ0v) is 14.2. The summed E-state index contributed by atoms with van der Waals surface area (Å²) in [5.74, 6) is -0.980. The largest absolute Gasteiger partial charge is 0.325 e. The van der Waals surface area contributed by atoms with E-state index < -0.39 is 29.9 Å². The Bertz CT molecular complexity index is 840. The van der Waals surface area contributed by atoms with Crippen molar-refractivity contribution in [2.75, 3.05) is 11.9 Å². The number of imide groups is 1. The molecule has 0 unspecified atom stereocenters. The van der Waals surface area contributed by atoms with E-state index in [0.717, 1.165) is 4.90 Å². The monoisotopic (exact) mass is 357 g/mol. The summed E-state index contributed by atoms with van der Waals surface area (Å²) >= 11 is 5.99. The van der Waals surface area contributed by atoms with Gasteiger partial charge in [0.05, 0.1) is 10.7 Å². The lowest BCUT2D eigenvalue weighted by molar-refractivity contribution is -0.133. The minimum Gasteiger partial charge on any atom is -0.323 e. The molecule has 4 amide bonds. The van der Waals surface area contributed by atoms with Gasteiger partial charge in [-0.3, -0.25) is 14.5 Å². The van der Waals surface area contributed by atoms with E-state index in [1.54, 1.807) is 55.5 Å². The van der Waals surface area contributed by atoms with Crippen LogP contribution in [0.1, 0.15) is 12.5 Å². The fraction of sp³-hybridized carbons (Fsp3) is 0.167. The van der Waals surface area contributed by atoms with Crippen molar-refractivity contribution < 1.29 is 14.4 Å². The number of carbonyl (C=O) groups is 3. The number of hydrogen-bond donors (Lipinski definition) is 2. The number of halogens is 1. The van der Waals surface area contributed by atoms with Crippen molar-refractivity contribution in [3.8, 4) is 0 Å². The van der Waals surface area contributed by atoms with Gasteiger partial charge in [0.1, 0.15) is 12.1 Å². The van der Waals surface area contributed by atoms with Crippen LogP contribution in [0.15, 0.2) is 54.6 Å². The minimum absolute atomic E-state index is 0.377. The Hall–Kier alpha value is -2.86. The molecule has 25 heavy (non-hydrogen) atoms. The fourth-order valence-corrected chi connectivity index (χ4v) is 2.89. The quantitative estimate of drug-likeness (QED) is 0.826. The average molecular weight is 358 g/mol. The van der Waals surface area contributed by atoms with E-state index in [0.29, 0.717) is 16.3 Å². The highest BCUT2D eigenvalue weighted by Gasteiger charge is 2.49. The topological polar surface area (TPSA) is 78.5 Å². The maximum Gasteiger partial charge on any atom is 0.325 e. The van der Waals surface area contributed by atoms with Crippen LogP contribution < -0.4 is 10.6 Å². The van der Waals surface area contributed by atoms with Crippen LogP contribution in [-0.4, -0.2) is 29.3 Å². The lowest BCUT2D eigenvalue weighted by Crippen LogP contribution is -2.42. The highest BCUT2D eigenvalue weighted by atomic mass is 35.5. The Morgan fingerprint density at radius 3 is 2.44 bits per heavy atom. The molecule has 1 atom stereocenters. The second-order valence-electron chi connectivity index (χ2n) is 5.84. The minimum atomic E-state index is -1.19. The van der Waals surface area contributed by atoms with E-state index in [1.165, 1.54) is 0 Å². The number of para-hydroxylation sites is 1. The van der Waals surface area contributed by atoms with E-state index in [9.17, 15) is 14.4 Å². The van der Waals surface area contributed by atoms with Crippen molar-refractivity contribution in [3.05, 3.63) is 65.2 Å². The molecule has 0 aliphatic carbocycles. The number of hydrogen-bond acceptors (Lipinski definition) is 3. The Balaban J connectivity index is 1.75. The molecule has 7 heteroatoms. The average Bonchev–Trinajstić information content (AvgIpc) is 2.82. The molecule has 0 spiro atoms. The van der Waals surface area contributed by atoms with E-state index in [4.69, 9.17) is 11.6 Å². The van der Waals surface area contributed by atoms with Gasteiger partial charge in [-0.2, -0.15) is 0 Å². The summed E-state index contributed by atoms with van der Waals surface area (Å²) in [4.78, 5) is 38.1. The van der Waals surface area contributed by atoms with Crippen LogP contribution in [0, 0.1) is 0 Å². The summed E-state index contributed by atoms with van der Waals surface area (Å²) in [6, 6.07) is 15.0. The van der Waals surface area contributed by atoms with E-state index in [1.807, 2.05) is 6.07 Å². The first-order valence-electron chi connectivity index (χ1n) is 7.66. The molecule has 1 heterocycles. The number of amides is 4. The fourth-order valence-electron chi connectivity index (χ4n) is 2.70. The van der Waals surface area contributed by atoms with Crippen molar-refractivity contribution in [1.29, 1.82) is 0 Å². The predicted octanol–water partition coefficient (Wildman–Crippen LogP) is 2.75. The maximum absolute atomic E-state index is 12.7. The molecular weight excluding hydrogens is 342 g/mol. The lowest BCUT2D eigenvalue weighted by Gasteiger charge is -2.22. The summed E-state index contributed by atoms with van der Waals surface area (Å²) in [6.45, 7) is 1.23. The normalized spacial score (nSPS) is 19.7. The second kappa shape index (κ2) is 6.57. The van der Waals surface area contributed by atoms with Crippen molar-refractivity contribution in [2.24, 2.45) is 0 Å². The number of benzene rings is 2. The van der Waals surface area contributed by atoms with E-state index in [-0.39, 0.29) is 0 Å². The van der Waals surface area contributed by atoms with Gasteiger partial charge in [-0.05, 0) is 24.6 Å². The Labute approximate surface area is 149 Å². The Kier molecular flexibility index (Phi) is 4.46. The molecule has 0 saturated carbocycles. The first kappa shape index (κ1) is 17.0. The van der Waals surface area contributed by atoms with Crippen LogP contribution in [-0.2, 0) is 15.1 Å². The second-order valence-corrected chi connectivity index (χ2v) is 6.25.